The van der Waals surface area contributed by atoms with Crippen molar-refractivity contribution in [3.05, 3.63) is 12.2 Å². The maximum Gasteiger partial charge on any atom is 0.414 e. The number of piperazine rings is 1. The fourth-order valence-electron chi connectivity index (χ4n) is 3.68. The predicted molar refractivity (Wildman–Crippen MR) is 87.0 cm³/mol. The lowest BCUT2D eigenvalue weighted by molar-refractivity contribution is -0.159. The molecular formula is C15H24N2O6S. The van der Waals surface area contributed by atoms with Gasteiger partial charge in [-0.25, -0.2) is 18.0 Å². The standard InChI is InChI=1S/C13H22N2O2S.C2H2O4/c1-18(16,17)15-6-4-14(5-7-15)10-13-9-11-2-3-12(13)8-11;3-1(4)2(5)6/h2-3,11-13H,4-10H2,1H3;(H,3,4)(H,5,6). The lowest BCUT2D eigenvalue weighted by atomic mass is 9.93. The van der Waals surface area contributed by atoms with E-state index in [1.807, 2.05) is 0 Å². The normalized spacial score (nSPS) is 30.0. The van der Waals surface area contributed by atoms with Gasteiger partial charge < -0.3 is 15.1 Å². The number of hydrogen-bond donors (Lipinski definition) is 2. The third kappa shape index (κ3) is 5.02. The Kier molecular flexibility index (Phi) is 6.00. The van der Waals surface area contributed by atoms with Crippen molar-refractivity contribution in [1.29, 1.82) is 0 Å². The summed E-state index contributed by atoms with van der Waals surface area (Å²) in [4.78, 5) is 20.6. The van der Waals surface area contributed by atoms with E-state index in [1.165, 1.54) is 19.1 Å². The van der Waals surface area contributed by atoms with Crippen molar-refractivity contribution in [2.24, 2.45) is 17.8 Å². The molecular weight excluding hydrogens is 336 g/mol. The van der Waals surface area contributed by atoms with Crippen molar-refractivity contribution < 1.29 is 28.2 Å². The molecule has 3 rings (SSSR count). The minimum absolute atomic E-state index is 0.662. The van der Waals surface area contributed by atoms with Gasteiger partial charge in [-0.1, -0.05) is 12.2 Å². The largest absolute Gasteiger partial charge is 0.473 e. The van der Waals surface area contributed by atoms with Crippen molar-refractivity contribution in [3.8, 4) is 0 Å². The van der Waals surface area contributed by atoms with Gasteiger partial charge in [0.05, 0.1) is 6.26 Å². The Morgan fingerprint density at radius 3 is 2.00 bits per heavy atom. The molecule has 2 aliphatic carbocycles. The number of allylic oxidation sites excluding steroid dienone is 2. The zero-order valence-electron chi connectivity index (χ0n) is 13.7. The molecule has 136 valence electrons. The van der Waals surface area contributed by atoms with Crippen molar-refractivity contribution in [1.82, 2.24) is 9.21 Å². The maximum absolute atomic E-state index is 11.4. The van der Waals surface area contributed by atoms with Crippen LogP contribution in [0.25, 0.3) is 0 Å². The van der Waals surface area contributed by atoms with Crippen LogP contribution >= 0.6 is 0 Å². The summed E-state index contributed by atoms with van der Waals surface area (Å²) in [5, 5.41) is 14.8. The summed E-state index contributed by atoms with van der Waals surface area (Å²) in [5.74, 6) is -1.21. The molecule has 3 atom stereocenters. The van der Waals surface area contributed by atoms with Gasteiger partial charge in [-0.05, 0) is 30.6 Å². The monoisotopic (exact) mass is 360 g/mol. The van der Waals surface area contributed by atoms with Crippen LogP contribution in [0.3, 0.4) is 0 Å². The highest BCUT2D eigenvalue weighted by atomic mass is 32.2. The van der Waals surface area contributed by atoms with Crippen LogP contribution in [0.5, 0.6) is 0 Å². The lowest BCUT2D eigenvalue weighted by Crippen LogP contribution is -2.49. The topological polar surface area (TPSA) is 115 Å². The first kappa shape index (κ1) is 18.9. The first-order valence-electron chi connectivity index (χ1n) is 7.99. The molecule has 0 aromatic heterocycles. The smallest absolute Gasteiger partial charge is 0.414 e. The number of rotatable bonds is 3. The molecule has 1 saturated carbocycles. The minimum atomic E-state index is -2.99. The van der Waals surface area contributed by atoms with Gasteiger partial charge >= 0.3 is 11.9 Å². The third-order valence-electron chi connectivity index (χ3n) is 4.89. The van der Waals surface area contributed by atoms with E-state index in [0.29, 0.717) is 13.1 Å². The minimum Gasteiger partial charge on any atom is -0.473 e. The molecule has 0 aromatic carbocycles. The Hall–Kier alpha value is -1.45. The quantitative estimate of drug-likeness (QED) is 0.535. The van der Waals surface area contributed by atoms with Gasteiger partial charge in [-0.15, -0.1) is 0 Å². The lowest BCUT2D eigenvalue weighted by Gasteiger charge is -2.35. The first-order chi connectivity index (χ1) is 11.2. The Labute approximate surface area is 141 Å². The van der Waals surface area contributed by atoms with E-state index < -0.39 is 22.0 Å². The first-order valence-corrected chi connectivity index (χ1v) is 9.83. The van der Waals surface area contributed by atoms with Crippen molar-refractivity contribution in [2.45, 2.75) is 12.8 Å². The molecule has 3 aliphatic rings. The second-order valence-electron chi connectivity index (χ2n) is 6.61. The second kappa shape index (κ2) is 7.62. The average molecular weight is 360 g/mol. The number of carbonyl (C=O) groups is 2. The van der Waals surface area contributed by atoms with Crippen LogP contribution in [0, 0.1) is 17.8 Å². The van der Waals surface area contributed by atoms with E-state index in [0.717, 1.165) is 37.4 Å². The van der Waals surface area contributed by atoms with Crippen molar-refractivity contribution >= 4 is 22.0 Å². The van der Waals surface area contributed by atoms with Crippen molar-refractivity contribution in [3.63, 3.8) is 0 Å². The van der Waals surface area contributed by atoms with Gasteiger partial charge in [-0.3, -0.25) is 0 Å². The SMILES string of the molecule is CS(=O)(=O)N1CCN(CC2CC3C=CC2C3)CC1.O=C(O)C(=O)O. The summed E-state index contributed by atoms with van der Waals surface area (Å²) < 4.78 is 24.5. The number of hydrogen-bond acceptors (Lipinski definition) is 5. The number of nitrogens with zero attached hydrogens (tertiary/aromatic N) is 2. The maximum atomic E-state index is 11.4. The summed E-state index contributed by atoms with van der Waals surface area (Å²) in [6, 6.07) is 0. The Morgan fingerprint density at radius 2 is 1.62 bits per heavy atom. The van der Waals surface area contributed by atoms with E-state index in [4.69, 9.17) is 19.8 Å². The molecule has 0 radical (unpaired) electrons. The summed E-state index contributed by atoms with van der Waals surface area (Å²) >= 11 is 0. The molecule has 0 spiro atoms. The van der Waals surface area contributed by atoms with Gasteiger partial charge in [0.2, 0.25) is 10.0 Å². The van der Waals surface area contributed by atoms with Gasteiger partial charge in [0.15, 0.2) is 0 Å². The van der Waals surface area contributed by atoms with Crippen LogP contribution in [-0.4, -0.2) is 78.8 Å². The predicted octanol–water partition coefficient (Wildman–Crippen LogP) is -0.0686. The number of carboxylic acids is 2. The highest BCUT2D eigenvalue weighted by Crippen LogP contribution is 2.43. The summed E-state index contributed by atoms with van der Waals surface area (Å²) in [7, 11) is -2.99. The highest BCUT2D eigenvalue weighted by molar-refractivity contribution is 7.88. The van der Waals surface area contributed by atoms with Crippen LogP contribution in [0.1, 0.15) is 12.8 Å². The molecule has 1 saturated heterocycles. The van der Waals surface area contributed by atoms with E-state index in [9.17, 15) is 8.42 Å². The van der Waals surface area contributed by atoms with E-state index in [2.05, 4.69) is 17.1 Å². The zero-order valence-corrected chi connectivity index (χ0v) is 14.5. The molecule has 0 amide bonds. The zero-order chi connectivity index (χ0) is 17.9. The fraction of sp³-hybridized carbons (Fsp3) is 0.733. The molecule has 2 bridgehead atoms. The van der Waals surface area contributed by atoms with Crippen LogP contribution in [0.2, 0.25) is 0 Å². The van der Waals surface area contributed by atoms with Crippen LogP contribution in [0.15, 0.2) is 12.2 Å². The van der Waals surface area contributed by atoms with Gasteiger partial charge in [-0.2, -0.15) is 4.31 Å². The average Bonchev–Trinajstić information content (AvgIpc) is 3.10. The van der Waals surface area contributed by atoms with Gasteiger partial charge in [0.1, 0.15) is 0 Å². The van der Waals surface area contributed by atoms with Gasteiger partial charge in [0.25, 0.3) is 0 Å². The molecule has 1 aliphatic heterocycles. The molecule has 1 heterocycles. The molecule has 3 unspecified atom stereocenters. The summed E-state index contributed by atoms with van der Waals surface area (Å²) in [6.45, 7) is 4.27. The number of aliphatic carboxylic acids is 2. The van der Waals surface area contributed by atoms with Crippen LogP contribution in [0.4, 0.5) is 0 Å². The Morgan fingerprint density at radius 1 is 1.04 bits per heavy atom. The molecule has 8 nitrogen and oxygen atoms in total. The van der Waals surface area contributed by atoms with E-state index in [-0.39, 0.29) is 0 Å². The summed E-state index contributed by atoms with van der Waals surface area (Å²) in [5.41, 5.74) is 0. The summed E-state index contributed by atoms with van der Waals surface area (Å²) in [6.07, 6.45) is 8.78. The molecule has 24 heavy (non-hydrogen) atoms. The van der Waals surface area contributed by atoms with Gasteiger partial charge in [0, 0.05) is 32.7 Å². The number of carboxylic acid groups (broad SMARTS) is 2. The van der Waals surface area contributed by atoms with E-state index >= 15 is 0 Å². The Bertz CT molecular complexity index is 597. The molecule has 0 aromatic rings. The third-order valence-corrected chi connectivity index (χ3v) is 6.20. The van der Waals surface area contributed by atoms with Crippen LogP contribution < -0.4 is 0 Å². The van der Waals surface area contributed by atoms with Crippen LogP contribution in [-0.2, 0) is 19.6 Å². The number of sulfonamides is 1. The Balaban J connectivity index is 0.000000301. The highest BCUT2D eigenvalue weighted by Gasteiger charge is 2.37. The molecule has 2 N–H and O–H groups in total. The number of fused-ring (bicyclic) bond motifs is 2. The molecule has 9 heteroatoms. The fourth-order valence-corrected chi connectivity index (χ4v) is 4.51. The van der Waals surface area contributed by atoms with E-state index in [1.54, 1.807) is 4.31 Å². The molecule has 2 fully saturated rings. The van der Waals surface area contributed by atoms with Crippen molar-refractivity contribution in [2.75, 3.05) is 39.0 Å². The second-order valence-corrected chi connectivity index (χ2v) is 8.60.